The number of H-pyrrole nitrogens is 1. The Morgan fingerprint density at radius 2 is 2.00 bits per heavy atom. The van der Waals surface area contributed by atoms with Gasteiger partial charge in [-0.1, -0.05) is 37.3 Å². The van der Waals surface area contributed by atoms with Crippen LogP contribution in [0.5, 0.6) is 5.06 Å². The molecular weight excluding hydrogens is 330 g/mol. The van der Waals surface area contributed by atoms with E-state index in [1.165, 1.54) is 6.92 Å². The van der Waals surface area contributed by atoms with Gasteiger partial charge in [-0.25, -0.2) is 5.43 Å². The molecule has 0 spiro atoms. The Morgan fingerprint density at radius 3 is 2.58 bits per heavy atom. The van der Waals surface area contributed by atoms with Crippen molar-refractivity contribution in [1.82, 2.24) is 10.4 Å². The molecule has 126 valence electrons. The van der Waals surface area contributed by atoms with Crippen LogP contribution in [0, 0.1) is 0 Å². The zero-order chi connectivity index (χ0) is 17.7. The van der Waals surface area contributed by atoms with E-state index in [0.717, 1.165) is 5.56 Å². The van der Waals surface area contributed by atoms with E-state index < -0.39 is 15.5 Å². The minimum Gasteiger partial charge on any atom is -0.499 e. The van der Waals surface area contributed by atoms with Crippen LogP contribution >= 0.6 is 11.3 Å². The van der Waals surface area contributed by atoms with E-state index in [0.29, 0.717) is 17.8 Å². The fourth-order valence-electron chi connectivity index (χ4n) is 2.27. The number of aromatic amines is 1. The quantitative estimate of drug-likeness (QED) is 0.562. The Bertz CT molecular complexity index is 871. The maximum Gasteiger partial charge on any atom is 0.310 e. The minimum atomic E-state index is -0.748. The molecule has 8 heteroatoms. The minimum absolute atomic E-state index is 0.112. The monoisotopic (exact) mass is 347 g/mol. The number of hydrogen-bond acceptors (Lipinski definition) is 6. The molecule has 1 aromatic carbocycles. The maximum atomic E-state index is 12.3. The topological polar surface area (TPSA) is 112 Å². The number of aromatic hydroxyl groups is 1. The molecule has 1 amide bonds. The first kappa shape index (κ1) is 17.6. The fraction of sp³-hybridized carbons (Fsp3) is 0.250. The number of carbonyl (C=O) groups is 1. The number of nitrogens with one attached hydrogen (secondary N) is 2. The highest BCUT2D eigenvalue weighted by molar-refractivity contribution is 7.11. The molecule has 0 aliphatic heterocycles. The Labute approximate surface area is 141 Å². The fourth-order valence-corrected chi connectivity index (χ4v) is 2.93. The van der Waals surface area contributed by atoms with Gasteiger partial charge in [-0.05, 0) is 30.2 Å². The van der Waals surface area contributed by atoms with Crippen LogP contribution in [0.4, 0.5) is 0 Å². The summed E-state index contributed by atoms with van der Waals surface area (Å²) in [6.45, 7) is 3.35. The molecule has 1 heterocycles. The van der Waals surface area contributed by atoms with Gasteiger partial charge in [-0.2, -0.15) is 5.10 Å². The summed E-state index contributed by atoms with van der Waals surface area (Å²) in [5.74, 6) is -0.690. The van der Waals surface area contributed by atoms with Crippen LogP contribution in [0.25, 0.3) is 0 Å². The molecule has 0 aliphatic rings. The Kier molecular flexibility index (Phi) is 5.64. The molecule has 0 saturated heterocycles. The molecule has 7 nitrogen and oxygen atoms in total. The van der Waals surface area contributed by atoms with Crippen molar-refractivity contribution in [1.29, 1.82) is 0 Å². The molecule has 2 rings (SSSR count). The standard InChI is InChI=1S/C16H17N3O4S/c1-3-11(10-7-5-4-6-8-10)13(20)19-18-9(2)12-14(21)17-16(23)24-15(12)22/h4-8,11,22H,3H2,1-2H3,(H,19,20)(H,17,21,23)/t11-/m1/s1. The van der Waals surface area contributed by atoms with Crippen LogP contribution in [-0.2, 0) is 4.79 Å². The molecule has 0 fully saturated rings. The summed E-state index contributed by atoms with van der Waals surface area (Å²) in [4.78, 5) is 36.6. The van der Waals surface area contributed by atoms with Gasteiger partial charge in [-0.15, -0.1) is 0 Å². The van der Waals surface area contributed by atoms with Gasteiger partial charge in [-0.3, -0.25) is 19.4 Å². The van der Waals surface area contributed by atoms with Crippen LogP contribution in [0.15, 0.2) is 45.0 Å². The normalized spacial score (nSPS) is 12.7. The molecule has 0 aliphatic carbocycles. The number of nitrogens with zero attached hydrogens (tertiary/aromatic N) is 1. The zero-order valence-electron chi connectivity index (χ0n) is 13.2. The van der Waals surface area contributed by atoms with Crippen LogP contribution < -0.4 is 15.9 Å². The molecule has 0 bridgehead atoms. The molecule has 1 atom stereocenters. The van der Waals surface area contributed by atoms with E-state index in [4.69, 9.17) is 0 Å². The van der Waals surface area contributed by atoms with Crippen molar-refractivity contribution in [2.24, 2.45) is 5.10 Å². The van der Waals surface area contributed by atoms with E-state index in [1.54, 1.807) is 0 Å². The second-order valence-corrected chi connectivity index (χ2v) is 6.03. The molecule has 2 aromatic rings. The van der Waals surface area contributed by atoms with Crippen molar-refractivity contribution in [3.63, 3.8) is 0 Å². The number of aromatic nitrogens is 1. The largest absolute Gasteiger partial charge is 0.499 e. The number of benzene rings is 1. The van der Waals surface area contributed by atoms with Gasteiger partial charge in [0.05, 0.1) is 11.6 Å². The number of carbonyl (C=O) groups excluding carboxylic acids is 1. The Morgan fingerprint density at radius 1 is 1.33 bits per heavy atom. The molecule has 24 heavy (non-hydrogen) atoms. The molecule has 3 N–H and O–H groups in total. The van der Waals surface area contributed by atoms with Gasteiger partial charge >= 0.3 is 4.87 Å². The molecular formula is C16H17N3O4S. The zero-order valence-corrected chi connectivity index (χ0v) is 14.0. The number of hydrogen-bond donors (Lipinski definition) is 3. The first-order valence-electron chi connectivity index (χ1n) is 7.29. The second kappa shape index (κ2) is 7.69. The van der Waals surface area contributed by atoms with Crippen molar-refractivity contribution in [3.05, 3.63) is 61.5 Å². The van der Waals surface area contributed by atoms with Gasteiger partial charge < -0.3 is 5.11 Å². The summed E-state index contributed by atoms with van der Waals surface area (Å²) in [5.41, 5.74) is 2.51. The molecule has 0 unspecified atom stereocenters. The average Bonchev–Trinajstić information content (AvgIpc) is 2.53. The van der Waals surface area contributed by atoms with E-state index in [2.05, 4.69) is 15.5 Å². The SMILES string of the molecule is CC[C@@H](C(=O)NN=C(C)c1c(O)sc(=O)[nH]c1=O)c1ccccc1. The van der Waals surface area contributed by atoms with Crippen LogP contribution in [-0.4, -0.2) is 21.7 Å². The van der Waals surface area contributed by atoms with Crippen LogP contribution in [0.1, 0.15) is 37.3 Å². The predicted molar refractivity (Wildman–Crippen MR) is 92.7 cm³/mol. The van der Waals surface area contributed by atoms with Crippen molar-refractivity contribution in [2.45, 2.75) is 26.2 Å². The van der Waals surface area contributed by atoms with Gasteiger partial charge in [0.25, 0.3) is 5.56 Å². The third-order valence-electron chi connectivity index (χ3n) is 3.47. The van der Waals surface area contributed by atoms with E-state index in [1.807, 2.05) is 37.3 Å². The predicted octanol–water partition coefficient (Wildman–Crippen LogP) is 1.54. The molecule has 0 radical (unpaired) electrons. The third kappa shape index (κ3) is 3.96. The summed E-state index contributed by atoms with van der Waals surface area (Å²) in [5, 5.41) is 13.2. The maximum absolute atomic E-state index is 12.3. The Balaban J connectivity index is 2.22. The summed E-state index contributed by atoms with van der Waals surface area (Å²) in [6.07, 6.45) is 0.587. The summed E-state index contributed by atoms with van der Waals surface area (Å²) in [6, 6.07) is 9.28. The van der Waals surface area contributed by atoms with Gasteiger partial charge in [0.2, 0.25) is 5.91 Å². The van der Waals surface area contributed by atoms with Crippen molar-refractivity contribution in [2.75, 3.05) is 0 Å². The smallest absolute Gasteiger partial charge is 0.310 e. The lowest BCUT2D eigenvalue weighted by molar-refractivity contribution is -0.122. The number of hydrazone groups is 1. The van der Waals surface area contributed by atoms with Crippen molar-refractivity contribution in [3.8, 4) is 5.06 Å². The van der Waals surface area contributed by atoms with E-state index in [9.17, 15) is 19.5 Å². The third-order valence-corrected chi connectivity index (χ3v) is 4.15. The summed E-state index contributed by atoms with van der Waals surface area (Å²) >= 11 is 0.494. The highest BCUT2D eigenvalue weighted by atomic mass is 32.1. The van der Waals surface area contributed by atoms with Gasteiger partial charge in [0.15, 0.2) is 5.06 Å². The van der Waals surface area contributed by atoms with E-state index in [-0.39, 0.29) is 23.1 Å². The highest BCUT2D eigenvalue weighted by Gasteiger charge is 2.19. The molecule has 0 saturated carbocycles. The lowest BCUT2D eigenvalue weighted by Crippen LogP contribution is -2.28. The first-order valence-corrected chi connectivity index (χ1v) is 8.11. The Hall–Kier alpha value is -2.74. The van der Waals surface area contributed by atoms with Gasteiger partial charge in [0.1, 0.15) is 5.56 Å². The van der Waals surface area contributed by atoms with Crippen LogP contribution in [0.3, 0.4) is 0 Å². The van der Waals surface area contributed by atoms with Crippen molar-refractivity contribution < 1.29 is 9.90 Å². The lowest BCUT2D eigenvalue weighted by atomic mass is 9.96. The summed E-state index contributed by atoms with van der Waals surface area (Å²) < 4.78 is 0. The average molecular weight is 347 g/mol. The number of rotatable bonds is 5. The van der Waals surface area contributed by atoms with Crippen molar-refractivity contribution >= 4 is 23.0 Å². The second-order valence-electron chi connectivity index (χ2n) is 5.07. The first-order chi connectivity index (χ1) is 11.4. The highest BCUT2D eigenvalue weighted by Crippen LogP contribution is 2.19. The van der Waals surface area contributed by atoms with Gasteiger partial charge in [0, 0.05) is 0 Å². The number of amides is 1. The lowest BCUT2D eigenvalue weighted by Gasteiger charge is -2.13. The van der Waals surface area contributed by atoms with E-state index >= 15 is 0 Å². The molecule has 1 aromatic heterocycles. The van der Waals surface area contributed by atoms with Crippen LogP contribution in [0.2, 0.25) is 0 Å². The summed E-state index contributed by atoms with van der Waals surface area (Å²) in [7, 11) is 0.